The third-order valence-electron chi connectivity index (χ3n) is 3.65. The van der Waals surface area contributed by atoms with Crippen molar-refractivity contribution in [2.75, 3.05) is 24.7 Å². The van der Waals surface area contributed by atoms with Gasteiger partial charge >= 0.3 is 6.09 Å². The highest BCUT2D eigenvalue weighted by atomic mass is 79.9. The zero-order valence-electron chi connectivity index (χ0n) is 14.5. The average molecular weight is 406 g/mol. The molecule has 0 N–H and O–H groups in total. The summed E-state index contributed by atoms with van der Waals surface area (Å²) in [6.07, 6.45) is 1.74. The Kier molecular flexibility index (Phi) is 8.49. The van der Waals surface area contributed by atoms with Gasteiger partial charge in [-0.1, -0.05) is 65.7 Å². The van der Waals surface area contributed by atoms with Gasteiger partial charge in [0.1, 0.15) is 6.61 Å². The normalized spacial score (nSPS) is 10.5. The Bertz CT molecular complexity index is 648. The molecule has 0 radical (unpaired) electrons. The number of rotatable bonds is 9. The molecule has 134 valence electrons. The molecule has 2 rings (SSSR count). The number of amides is 1. The monoisotopic (exact) mass is 405 g/mol. The molecule has 25 heavy (non-hydrogen) atoms. The maximum Gasteiger partial charge on any atom is 0.414 e. The lowest BCUT2D eigenvalue weighted by Gasteiger charge is -2.22. The summed E-state index contributed by atoms with van der Waals surface area (Å²) in [7, 11) is 0. The van der Waals surface area contributed by atoms with Crippen molar-refractivity contribution in [1.82, 2.24) is 0 Å². The van der Waals surface area contributed by atoms with Gasteiger partial charge in [-0.05, 0) is 30.2 Å². The molecule has 0 saturated heterocycles. The number of benzene rings is 2. The molecule has 0 saturated carbocycles. The number of nitrogens with zero attached hydrogens (tertiary/aromatic N) is 1. The van der Waals surface area contributed by atoms with E-state index in [1.807, 2.05) is 54.6 Å². The van der Waals surface area contributed by atoms with Crippen LogP contribution in [0, 0.1) is 0 Å². The molecule has 2 aromatic carbocycles. The molecular formula is C20H24BrNO3. The Labute approximate surface area is 157 Å². The molecule has 2 aromatic rings. The molecule has 0 spiro atoms. The summed E-state index contributed by atoms with van der Waals surface area (Å²) in [5, 5.41) is 0. The van der Waals surface area contributed by atoms with Crippen molar-refractivity contribution >= 4 is 27.7 Å². The second kappa shape index (κ2) is 10.9. The van der Waals surface area contributed by atoms with Crippen LogP contribution in [-0.4, -0.2) is 25.9 Å². The Balaban J connectivity index is 1.98. The van der Waals surface area contributed by atoms with E-state index in [-0.39, 0.29) is 12.7 Å². The fourth-order valence-electron chi connectivity index (χ4n) is 2.27. The Morgan fingerprint density at radius 2 is 1.88 bits per heavy atom. The van der Waals surface area contributed by atoms with Gasteiger partial charge in [0.25, 0.3) is 0 Å². The minimum Gasteiger partial charge on any atom is -0.444 e. The van der Waals surface area contributed by atoms with E-state index in [0.717, 1.165) is 28.6 Å². The summed E-state index contributed by atoms with van der Waals surface area (Å²) >= 11 is 3.45. The molecule has 0 aromatic heterocycles. The smallest absolute Gasteiger partial charge is 0.414 e. The minimum absolute atomic E-state index is 0.251. The Morgan fingerprint density at radius 3 is 2.60 bits per heavy atom. The van der Waals surface area contributed by atoms with Crippen molar-refractivity contribution in [2.45, 2.75) is 26.4 Å². The van der Waals surface area contributed by atoms with Crippen molar-refractivity contribution in [1.29, 1.82) is 0 Å². The molecule has 0 aliphatic rings. The number of carbonyl (C=O) groups is 1. The molecule has 4 nitrogen and oxygen atoms in total. The molecule has 0 heterocycles. The quantitative estimate of drug-likeness (QED) is 0.523. The number of hydrogen-bond acceptors (Lipinski definition) is 3. The van der Waals surface area contributed by atoms with Crippen LogP contribution in [0.5, 0.6) is 0 Å². The van der Waals surface area contributed by atoms with Crippen LogP contribution in [-0.2, 0) is 16.1 Å². The SMILES string of the molecule is CCCCOCCN(C(=O)OCc1ccccc1)c1cccc(Br)c1. The van der Waals surface area contributed by atoms with Crippen molar-refractivity contribution in [3.05, 3.63) is 64.6 Å². The highest BCUT2D eigenvalue weighted by Crippen LogP contribution is 2.21. The first-order valence-electron chi connectivity index (χ1n) is 8.52. The molecule has 0 unspecified atom stereocenters. The number of hydrogen-bond donors (Lipinski definition) is 0. The molecule has 1 amide bonds. The summed E-state index contributed by atoms with van der Waals surface area (Å²) in [6.45, 7) is 4.02. The first-order valence-corrected chi connectivity index (χ1v) is 9.31. The summed E-state index contributed by atoms with van der Waals surface area (Å²) in [4.78, 5) is 14.2. The van der Waals surface area contributed by atoms with Gasteiger partial charge in [-0.15, -0.1) is 0 Å². The zero-order chi connectivity index (χ0) is 17.9. The summed E-state index contributed by atoms with van der Waals surface area (Å²) in [5.74, 6) is 0. The van der Waals surface area contributed by atoms with E-state index >= 15 is 0 Å². The molecule has 0 fully saturated rings. The fraction of sp³-hybridized carbons (Fsp3) is 0.350. The van der Waals surface area contributed by atoms with Crippen LogP contribution in [0.4, 0.5) is 10.5 Å². The molecule has 0 bridgehead atoms. The second-order valence-corrected chi connectivity index (χ2v) is 6.55. The minimum atomic E-state index is -0.374. The number of anilines is 1. The molecule has 0 aliphatic heterocycles. The van der Waals surface area contributed by atoms with E-state index in [0.29, 0.717) is 19.8 Å². The topological polar surface area (TPSA) is 38.8 Å². The molecule has 5 heteroatoms. The highest BCUT2D eigenvalue weighted by molar-refractivity contribution is 9.10. The summed E-state index contributed by atoms with van der Waals surface area (Å²) in [5.41, 5.74) is 1.75. The van der Waals surface area contributed by atoms with E-state index in [4.69, 9.17) is 9.47 Å². The first kappa shape index (κ1) is 19.5. The third-order valence-corrected chi connectivity index (χ3v) is 4.14. The lowest BCUT2D eigenvalue weighted by atomic mass is 10.2. The van der Waals surface area contributed by atoms with E-state index in [2.05, 4.69) is 22.9 Å². The van der Waals surface area contributed by atoms with Gasteiger partial charge < -0.3 is 9.47 Å². The predicted molar refractivity (Wildman–Crippen MR) is 104 cm³/mol. The van der Waals surface area contributed by atoms with E-state index in [1.165, 1.54) is 0 Å². The maximum absolute atomic E-state index is 12.6. The van der Waals surface area contributed by atoms with E-state index in [9.17, 15) is 4.79 Å². The summed E-state index contributed by atoms with van der Waals surface area (Å²) < 4.78 is 12.0. The van der Waals surface area contributed by atoms with Crippen LogP contribution in [0.15, 0.2) is 59.1 Å². The maximum atomic E-state index is 12.6. The Morgan fingerprint density at radius 1 is 1.08 bits per heavy atom. The standard InChI is InChI=1S/C20H24BrNO3/c1-2-3-13-24-14-12-22(19-11-7-10-18(21)15-19)20(23)25-16-17-8-5-4-6-9-17/h4-11,15H,2-3,12-14,16H2,1H3. The zero-order valence-corrected chi connectivity index (χ0v) is 16.1. The molecule has 0 atom stereocenters. The number of halogens is 1. The van der Waals surface area contributed by atoms with Gasteiger partial charge in [0.15, 0.2) is 0 Å². The first-order chi connectivity index (χ1) is 12.2. The number of unbranched alkanes of at least 4 members (excludes halogenated alkanes) is 1. The van der Waals surface area contributed by atoms with E-state index < -0.39 is 0 Å². The van der Waals surface area contributed by atoms with Gasteiger partial charge in [0.05, 0.1) is 13.2 Å². The van der Waals surface area contributed by atoms with Crippen LogP contribution in [0.2, 0.25) is 0 Å². The fourth-order valence-corrected chi connectivity index (χ4v) is 2.66. The van der Waals surface area contributed by atoms with Crippen molar-refractivity contribution in [2.24, 2.45) is 0 Å². The van der Waals surface area contributed by atoms with Gasteiger partial charge in [0, 0.05) is 16.8 Å². The lowest BCUT2D eigenvalue weighted by Crippen LogP contribution is -2.34. The lowest BCUT2D eigenvalue weighted by molar-refractivity contribution is 0.126. The van der Waals surface area contributed by atoms with Crippen LogP contribution in [0.3, 0.4) is 0 Å². The predicted octanol–water partition coefficient (Wildman–Crippen LogP) is 5.41. The third kappa shape index (κ3) is 6.88. The van der Waals surface area contributed by atoms with Crippen LogP contribution in [0.25, 0.3) is 0 Å². The molecular weight excluding hydrogens is 382 g/mol. The van der Waals surface area contributed by atoms with Crippen LogP contribution in [0.1, 0.15) is 25.3 Å². The number of carbonyl (C=O) groups excluding carboxylic acids is 1. The van der Waals surface area contributed by atoms with Crippen molar-refractivity contribution in [3.8, 4) is 0 Å². The summed E-state index contributed by atoms with van der Waals surface area (Å²) in [6, 6.07) is 17.3. The largest absolute Gasteiger partial charge is 0.444 e. The van der Waals surface area contributed by atoms with Crippen LogP contribution >= 0.6 is 15.9 Å². The van der Waals surface area contributed by atoms with Gasteiger partial charge in [0.2, 0.25) is 0 Å². The Hall–Kier alpha value is -1.85. The van der Waals surface area contributed by atoms with Gasteiger partial charge in [-0.3, -0.25) is 4.90 Å². The van der Waals surface area contributed by atoms with E-state index in [1.54, 1.807) is 4.90 Å². The highest BCUT2D eigenvalue weighted by Gasteiger charge is 2.17. The second-order valence-electron chi connectivity index (χ2n) is 5.64. The molecule has 0 aliphatic carbocycles. The average Bonchev–Trinajstić information content (AvgIpc) is 2.63. The van der Waals surface area contributed by atoms with Crippen LogP contribution < -0.4 is 4.90 Å². The van der Waals surface area contributed by atoms with Crippen molar-refractivity contribution in [3.63, 3.8) is 0 Å². The van der Waals surface area contributed by atoms with Gasteiger partial charge in [-0.2, -0.15) is 0 Å². The van der Waals surface area contributed by atoms with Crippen molar-refractivity contribution < 1.29 is 14.3 Å². The number of ether oxygens (including phenoxy) is 2. The van der Waals surface area contributed by atoms with Gasteiger partial charge in [-0.25, -0.2) is 4.79 Å².